The summed E-state index contributed by atoms with van der Waals surface area (Å²) in [5, 5.41) is 4.46. The SMILES string of the molecule is c1ccc(-c2cccc3c2oc2c(-c4cccc(C5(c6cccc(-c7cccc8c7oc7c(-c9ccccc9)cccc78)c6)c6ccccc6-c6ccccc65)c4)cccc23)cc1. The number of benzene rings is 10. The summed E-state index contributed by atoms with van der Waals surface area (Å²) < 4.78 is 13.9. The van der Waals surface area contributed by atoms with Crippen molar-refractivity contribution in [2.75, 3.05) is 0 Å². The summed E-state index contributed by atoms with van der Waals surface area (Å²) in [4.78, 5) is 0. The third kappa shape index (κ3) is 5.25. The van der Waals surface area contributed by atoms with Crippen LogP contribution in [0.3, 0.4) is 0 Å². The van der Waals surface area contributed by atoms with Crippen LogP contribution in [0.25, 0.3) is 99.5 Å². The van der Waals surface area contributed by atoms with Gasteiger partial charge in [-0.1, -0.05) is 218 Å². The smallest absolute Gasteiger partial charge is 0.143 e. The first-order chi connectivity index (χ1) is 31.3. The first-order valence-electron chi connectivity index (χ1n) is 21.7. The number of fused-ring (bicyclic) bond motifs is 9. The molecule has 0 fully saturated rings. The predicted octanol–water partition coefficient (Wildman–Crippen LogP) is 16.5. The minimum atomic E-state index is -0.621. The maximum atomic E-state index is 6.96. The Morgan fingerprint density at radius 3 is 0.937 bits per heavy atom. The average molecular weight is 803 g/mol. The Morgan fingerprint density at radius 2 is 0.540 bits per heavy atom. The monoisotopic (exact) mass is 802 g/mol. The lowest BCUT2D eigenvalue weighted by Gasteiger charge is -2.34. The summed E-state index contributed by atoms with van der Waals surface area (Å²) in [6.07, 6.45) is 0. The van der Waals surface area contributed by atoms with Crippen LogP contribution in [0.1, 0.15) is 22.3 Å². The lowest BCUT2D eigenvalue weighted by atomic mass is 9.67. The van der Waals surface area contributed by atoms with Gasteiger partial charge in [0.25, 0.3) is 0 Å². The molecule has 2 nitrogen and oxygen atoms in total. The van der Waals surface area contributed by atoms with Crippen molar-refractivity contribution >= 4 is 43.9 Å². The van der Waals surface area contributed by atoms with Crippen molar-refractivity contribution in [3.63, 3.8) is 0 Å². The highest BCUT2D eigenvalue weighted by Crippen LogP contribution is 2.57. The fourth-order valence-corrected chi connectivity index (χ4v) is 10.6. The number of hydrogen-bond acceptors (Lipinski definition) is 2. The summed E-state index contributed by atoms with van der Waals surface area (Å²) in [7, 11) is 0. The van der Waals surface area contributed by atoms with Crippen LogP contribution >= 0.6 is 0 Å². The molecule has 0 saturated heterocycles. The minimum Gasteiger partial charge on any atom is -0.455 e. The van der Waals surface area contributed by atoms with Gasteiger partial charge >= 0.3 is 0 Å². The summed E-state index contributed by atoms with van der Waals surface area (Å²) in [5.74, 6) is 0. The summed E-state index contributed by atoms with van der Waals surface area (Å²) in [6, 6.07) is 83.3. The first kappa shape index (κ1) is 35.5. The number of rotatable bonds is 6. The quantitative estimate of drug-likeness (QED) is 0.167. The van der Waals surface area contributed by atoms with Crippen molar-refractivity contribution in [2.24, 2.45) is 0 Å². The number of furan rings is 2. The molecule has 1 aliphatic rings. The zero-order chi connectivity index (χ0) is 41.5. The van der Waals surface area contributed by atoms with Gasteiger partial charge < -0.3 is 8.83 Å². The van der Waals surface area contributed by atoms with E-state index in [4.69, 9.17) is 8.83 Å². The zero-order valence-electron chi connectivity index (χ0n) is 34.3. The molecule has 0 N–H and O–H groups in total. The lowest BCUT2D eigenvalue weighted by molar-refractivity contribution is 0.670. The molecule has 12 aromatic rings. The van der Waals surface area contributed by atoms with Crippen LogP contribution in [0.4, 0.5) is 0 Å². The predicted molar refractivity (Wildman–Crippen MR) is 260 cm³/mol. The van der Waals surface area contributed by atoms with Gasteiger partial charge in [0.15, 0.2) is 0 Å². The summed E-state index contributed by atoms with van der Waals surface area (Å²) in [5.41, 5.74) is 19.2. The van der Waals surface area contributed by atoms with Gasteiger partial charge in [-0.3, -0.25) is 0 Å². The highest BCUT2D eigenvalue weighted by atomic mass is 16.3. The Kier molecular flexibility index (Phi) is 7.85. The molecule has 63 heavy (non-hydrogen) atoms. The Hall–Kier alpha value is -8.20. The normalized spacial score (nSPS) is 12.9. The van der Waals surface area contributed by atoms with Gasteiger partial charge in [0.1, 0.15) is 22.3 Å². The van der Waals surface area contributed by atoms with Crippen molar-refractivity contribution in [3.05, 3.63) is 253 Å². The van der Waals surface area contributed by atoms with E-state index in [9.17, 15) is 0 Å². The van der Waals surface area contributed by atoms with E-state index in [0.717, 1.165) is 88.4 Å². The maximum absolute atomic E-state index is 6.96. The lowest BCUT2D eigenvalue weighted by Crippen LogP contribution is -2.28. The van der Waals surface area contributed by atoms with Crippen LogP contribution in [-0.2, 0) is 5.41 Å². The van der Waals surface area contributed by atoms with Crippen LogP contribution in [0, 0.1) is 0 Å². The molecule has 13 rings (SSSR count). The van der Waals surface area contributed by atoms with Crippen molar-refractivity contribution in [3.8, 4) is 55.6 Å². The van der Waals surface area contributed by atoms with Crippen molar-refractivity contribution in [1.82, 2.24) is 0 Å². The van der Waals surface area contributed by atoms with Crippen LogP contribution in [0.2, 0.25) is 0 Å². The van der Waals surface area contributed by atoms with Crippen LogP contribution < -0.4 is 0 Å². The van der Waals surface area contributed by atoms with Crippen LogP contribution in [0.5, 0.6) is 0 Å². The molecule has 294 valence electrons. The van der Waals surface area contributed by atoms with Crippen LogP contribution in [-0.4, -0.2) is 0 Å². The molecule has 2 heterocycles. The van der Waals surface area contributed by atoms with E-state index in [1.807, 2.05) is 0 Å². The molecule has 0 aliphatic heterocycles. The molecule has 0 bridgehead atoms. The van der Waals surface area contributed by atoms with E-state index >= 15 is 0 Å². The maximum Gasteiger partial charge on any atom is 0.143 e. The second-order valence-corrected chi connectivity index (χ2v) is 16.7. The van der Waals surface area contributed by atoms with Crippen LogP contribution in [0.15, 0.2) is 239 Å². The Labute approximate surface area is 365 Å². The number of hydrogen-bond donors (Lipinski definition) is 0. The minimum absolute atomic E-state index is 0.621. The van der Waals surface area contributed by atoms with Gasteiger partial charge in [-0.15, -0.1) is 0 Å². The van der Waals surface area contributed by atoms with Crippen molar-refractivity contribution < 1.29 is 8.83 Å². The summed E-state index contributed by atoms with van der Waals surface area (Å²) >= 11 is 0. The van der Waals surface area contributed by atoms with Crippen molar-refractivity contribution in [1.29, 1.82) is 0 Å². The molecule has 0 unspecified atom stereocenters. The molecule has 0 radical (unpaired) electrons. The van der Waals surface area contributed by atoms with E-state index in [1.165, 1.54) is 33.4 Å². The van der Waals surface area contributed by atoms with E-state index in [2.05, 4.69) is 231 Å². The molecule has 10 aromatic carbocycles. The Balaban J connectivity index is 1.03. The van der Waals surface area contributed by atoms with Gasteiger partial charge in [-0.05, 0) is 67.8 Å². The van der Waals surface area contributed by atoms with Gasteiger partial charge in [0.2, 0.25) is 0 Å². The molecule has 0 saturated carbocycles. The molecule has 0 atom stereocenters. The molecule has 0 amide bonds. The standard InChI is InChI=1S/C61H38O2/c1-3-17-39(18-4-1)45-27-13-31-51-53-33-15-29-47(59(53)62-57(45)51)41-21-11-23-43(37-41)61(55-35-9-7-25-49(55)50-26-8-10-36-56(50)61)44-24-12-22-42(38-44)48-30-16-34-54-52-32-14-28-46(58(52)63-60(48)54)40-19-5-2-6-20-40/h1-38H. The highest BCUT2D eigenvalue weighted by Gasteiger charge is 2.46. The van der Waals surface area contributed by atoms with E-state index in [1.54, 1.807) is 0 Å². The fourth-order valence-electron chi connectivity index (χ4n) is 10.6. The number of para-hydroxylation sites is 4. The van der Waals surface area contributed by atoms with E-state index in [-0.39, 0.29) is 0 Å². The summed E-state index contributed by atoms with van der Waals surface area (Å²) in [6.45, 7) is 0. The van der Waals surface area contributed by atoms with Gasteiger partial charge in [0, 0.05) is 43.8 Å². The second-order valence-electron chi connectivity index (χ2n) is 16.7. The van der Waals surface area contributed by atoms with Gasteiger partial charge in [0.05, 0.1) is 5.41 Å². The third-order valence-corrected chi connectivity index (χ3v) is 13.4. The largest absolute Gasteiger partial charge is 0.455 e. The molecule has 2 heteroatoms. The molecular weight excluding hydrogens is 765 g/mol. The second kappa shape index (κ2) is 13.9. The van der Waals surface area contributed by atoms with Gasteiger partial charge in [-0.2, -0.15) is 0 Å². The molecule has 2 aromatic heterocycles. The topological polar surface area (TPSA) is 26.3 Å². The zero-order valence-corrected chi connectivity index (χ0v) is 34.3. The Morgan fingerprint density at radius 1 is 0.238 bits per heavy atom. The highest BCUT2D eigenvalue weighted by molar-refractivity contribution is 6.14. The molecule has 0 spiro atoms. The Bertz CT molecular complexity index is 3490. The molecule has 1 aliphatic carbocycles. The average Bonchev–Trinajstić information content (AvgIpc) is 4.04. The van der Waals surface area contributed by atoms with E-state index < -0.39 is 5.41 Å². The first-order valence-corrected chi connectivity index (χ1v) is 21.7. The molecular formula is C61H38O2. The van der Waals surface area contributed by atoms with E-state index in [0.29, 0.717) is 0 Å². The third-order valence-electron chi connectivity index (χ3n) is 13.4. The van der Waals surface area contributed by atoms with Gasteiger partial charge in [-0.25, -0.2) is 0 Å². The fraction of sp³-hybridized carbons (Fsp3) is 0.0164. The van der Waals surface area contributed by atoms with Crippen molar-refractivity contribution in [2.45, 2.75) is 5.41 Å².